The fourth-order valence-electron chi connectivity index (χ4n) is 3.14. The quantitative estimate of drug-likeness (QED) is 0.778. The van der Waals surface area contributed by atoms with Crippen LogP contribution in [0.15, 0.2) is 0 Å². The third kappa shape index (κ3) is 4.20. The lowest BCUT2D eigenvalue weighted by atomic mass is 9.78. The average molecular weight is 268 g/mol. The van der Waals surface area contributed by atoms with E-state index >= 15 is 0 Å². The van der Waals surface area contributed by atoms with E-state index < -0.39 is 0 Å². The first-order chi connectivity index (χ1) is 8.93. The van der Waals surface area contributed by atoms with E-state index in [2.05, 4.69) is 32.6 Å². The van der Waals surface area contributed by atoms with Crippen LogP contribution in [0, 0.1) is 11.3 Å². The SMILES string of the molecule is CC(C)CN(C(=O)C1(CN)CCCCCC1)C(C)C. The van der Waals surface area contributed by atoms with Crippen LogP contribution < -0.4 is 5.73 Å². The molecule has 0 aromatic heterocycles. The van der Waals surface area contributed by atoms with Gasteiger partial charge in [-0.1, -0.05) is 39.5 Å². The van der Waals surface area contributed by atoms with Crippen molar-refractivity contribution in [2.45, 2.75) is 72.3 Å². The number of nitrogens with zero attached hydrogens (tertiary/aromatic N) is 1. The van der Waals surface area contributed by atoms with Gasteiger partial charge in [-0.25, -0.2) is 0 Å². The van der Waals surface area contributed by atoms with Crippen molar-refractivity contribution in [3.8, 4) is 0 Å². The Kier molecular flexibility index (Phi) is 6.31. The average Bonchev–Trinajstić information content (AvgIpc) is 2.60. The van der Waals surface area contributed by atoms with Gasteiger partial charge in [0, 0.05) is 19.1 Å². The summed E-state index contributed by atoms with van der Waals surface area (Å²) in [5, 5.41) is 0. The molecule has 0 spiro atoms. The van der Waals surface area contributed by atoms with E-state index in [0.29, 0.717) is 18.4 Å². The van der Waals surface area contributed by atoms with Gasteiger partial charge in [-0.2, -0.15) is 0 Å². The Balaban J connectivity index is 2.89. The molecule has 0 saturated heterocycles. The van der Waals surface area contributed by atoms with E-state index in [1.807, 2.05) is 0 Å². The molecule has 1 saturated carbocycles. The van der Waals surface area contributed by atoms with E-state index in [1.165, 1.54) is 12.8 Å². The smallest absolute Gasteiger partial charge is 0.230 e. The summed E-state index contributed by atoms with van der Waals surface area (Å²) in [7, 11) is 0. The highest BCUT2D eigenvalue weighted by molar-refractivity contribution is 5.83. The highest BCUT2D eigenvalue weighted by Crippen LogP contribution is 2.36. The van der Waals surface area contributed by atoms with Crippen molar-refractivity contribution in [2.24, 2.45) is 17.1 Å². The van der Waals surface area contributed by atoms with Gasteiger partial charge in [-0.05, 0) is 32.6 Å². The number of rotatable bonds is 5. The molecule has 1 rings (SSSR count). The van der Waals surface area contributed by atoms with Crippen LogP contribution in [0.2, 0.25) is 0 Å². The molecule has 1 fully saturated rings. The summed E-state index contributed by atoms with van der Waals surface area (Å²) < 4.78 is 0. The Morgan fingerprint density at radius 1 is 1.11 bits per heavy atom. The van der Waals surface area contributed by atoms with Gasteiger partial charge in [0.25, 0.3) is 0 Å². The lowest BCUT2D eigenvalue weighted by Crippen LogP contribution is -2.51. The predicted octanol–water partition coefficient (Wildman–Crippen LogP) is 3.18. The first-order valence-corrected chi connectivity index (χ1v) is 7.94. The van der Waals surface area contributed by atoms with Gasteiger partial charge < -0.3 is 10.6 Å². The minimum atomic E-state index is -0.282. The summed E-state index contributed by atoms with van der Waals surface area (Å²) in [6.45, 7) is 9.92. The van der Waals surface area contributed by atoms with Gasteiger partial charge in [0.1, 0.15) is 0 Å². The van der Waals surface area contributed by atoms with Crippen LogP contribution in [0.1, 0.15) is 66.2 Å². The highest BCUT2D eigenvalue weighted by Gasteiger charge is 2.40. The molecule has 112 valence electrons. The number of carbonyl (C=O) groups excluding carboxylic acids is 1. The second kappa shape index (κ2) is 7.28. The maximum absolute atomic E-state index is 13.0. The fraction of sp³-hybridized carbons (Fsp3) is 0.938. The minimum absolute atomic E-state index is 0.265. The standard InChI is InChI=1S/C16H32N2O/c1-13(2)11-18(14(3)4)15(19)16(12-17)9-7-5-6-8-10-16/h13-14H,5-12,17H2,1-4H3. The molecule has 0 unspecified atom stereocenters. The van der Waals surface area contributed by atoms with Crippen LogP contribution in [-0.2, 0) is 4.79 Å². The zero-order chi connectivity index (χ0) is 14.5. The first kappa shape index (κ1) is 16.5. The molecule has 0 aliphatic heterocycles. The number of hydrogen-bond donors (Lipinski definition) is 1. The van der Waals surface area contributed by atoms with Crippen molar-refractivity contribution < 1.29 is 4.79 Å². The van der Waals surface area contributed by atoms with Gasteiger partial charge in [0.15, 0.2) is 0 Å². The van der Waals surface area contributed by atoms with E-state index in [4.69, 9.17) is 5.73 Å². The largest absolute Gasteiger partial charge is 0.339 e. The van der Waals surface area contributed by atoms with Crippen LogP contribution in [0.25, 0.3) is 0 Å². The van der Waals surface area contributed by atoms with Gasteiger partial charge in [0.05, 0.1) is 5.41 Å². The topological polar surface area (TPSA) is 46.3 Å². The monoisotopic (exact) mass is 268 g/mol. The summed E-state index contributed by atoms with van der Waals surface area (Å²) in [4.78, 5) is 15.1. The molecule has 0 heterocycles. The van der Waals surface area contributed by atoms with Crippen LogP contribution in [0.4, 0.5) is 0 Å². The molecular formula is C16H32N2O. The number of nitrogens with two attached hydrogens (primary N) is 1. The van der Waals surface area contributed by atoms with Crippen molar-refractivity contribution in [1.29, 1.82) is 0 Å². The minimum Gasteiger partial charge on any atom is -0.339 e. The van der Waals surface area contributed by atoms with Gasteiger partial charge in [-0.15, -0.1) is 0 Å². The van der Waals surface area contributed by atoms with Crippen molar-refractivity contribution in [1.82, 2.24) is 4.90 Å². The Morgan fingerprint density at radius 2 is 1.63 bits per heavy atom. The van der Waals surface area contributed by atoms with Crippen molar-refractivity contribution >= 4 is 5.91 Å². The molecule has 1 aliphatic rings. The summed E-state index contributed by atoms with van der Waals surface area (Å²) in [6, 6.07) is 0.265. The number of hydrogen-bond acceptors (Lipinski definition) is 2. The second-order valence-corrected chi connectivity index (χ2v) is 6.84. The maximum Gasteiger partial charge on any atom is 0.230 e. The van der Waals surface area contributed by atoms with Gasteiger partial charge >= 0.3 is 0 Å². The third-order valence-electron chi connectivity index (χ3n) is 4.35. The van der Waals surface area contributed by atoms with Gasteiger partial charge in [-0.3, -0.25) is 4.79 Å². The van der Waals surface area contributed by atoms with E-state index in [9.17, 15) is 4.79 Å². The lowest BCUT2D eigenvalue weighted by Gasteiger charge is -2.39. The zero-order valence-corrected chi connectivity index (χ0v) is 13.2. The molecular weight excluding hydrogens is 236 g/mol. The molecule has 3 nitrogen and oxygen atoms in total. The molecule has 1 amide bonds. The summed E-state index contributed by atoms with van der Waals surface area (Å²) in [6.07, 6.45) is 6.75. The molecule has 1 aliphatic carbocycles. The number of carbonyl (C=O) groups is 1. The third-order valence-corrected chi connectivity index (χ3v) is 4.35. The Bertz CT molecular complexity index is 278. The second-order valence-electron chi connectivity index (χ2n) is 6.84. The molecule has 2 N–H and O–H groups in total. The maximum atomic E-state index is 13.0. The molecule has 0 atom stereocenters. The normalized spacial score (nSPS) is 19.5. The van der Waals surface area contributed by atoms with E-state index in [1.54, 1.807) is 0 Å². The molecule has 0 aromatic carbocycles. The van der Waals surface area contributed by atoms with Crippen molar-refractivity contribution in [3.63, 3.8) is 0 Å². The van der Waals surface area contributed by atoms with Gasteiger partial charge in [0.2, 0.25) is 5.91 Å². The molecule has 3 heteroatoms. The fourth-order valence-corrected chi connectivity index (χ4v) is 3.14. The molecule has 0 radical (unpaired) electrons. The van der Waals surface area contributed by atoms with E-state index in [-0.39, 0.29) is 11.5 Å². The van der Waals surface area contributed by atoms with Crippen molar-refractivity contribution in [2.75, 3.05) is 13.1 Å². The van der Waals surface area contributed by atoms with Crippen LogP contribution in [-0.4, -0.2) is 29.9 Å². The first-order valence-electron chi connectivity index (χ1n) is 7.94. The Labute approximate surface area is 118 Å². The summed E-state index contributed by atoms with van der Waals surface area (Å²) >= 11 is 0. The summed E-state index contributed by atoms with van der Waals surface area (Å²) in [5.74, 6) is 0.813. The predicted molar refractivity (Wildman–Crippen MR) is 80.9 cm³/mol. The van der Waals surface area contributed by atoms with Crippen LogP contribution in [0.3, 0.4) is 0 Å². The molecule has 0 aromatic rings. The lowest BCUT2D eigenvalue weighted by molar-refractivity contribution is -0.145. The summed E-state index contributed by atoms with van der Waals surface area (Å²) in [5.41, 5.74) is 5.75. The molecule has 19 heavy (non-hydrogen) atoms. The zero-order valence-electron chi connectivity index (χ0n) is 13.2. The highest BCUT2D eigenvalue weighted by atomic mass is 16.2. The molecule has 0 bridgehead atoms. The number of amides is 1. The van der Waals surface area contributed by atoms with Crippen molar-refractivity contribution in [3.05, 3.63) is 0 Å². The van der Waals surface area contributed by atoms with Crippen LogP contribution in [0.5, 0.6) is 0 Å². The van der Waals surface area contributed by atoms with Crippen LogP contribution >= 0.6 is 0 Å². The Morgan fingerprint density at radius 3 is 2.00 bits per heavy atom. The Hall–Kier alpha value is -0.570. The van der Waals surface area contributed by atoms with E-state index in [0.717, 1.165) is 32.2 Å².